The van der Waals surface area contributed by atoms with E-state index in [0.717, 1.165) is 42.7 Å². The number of fused-ring (bicyclic) bond motifs is 2. The first-order chi connectivity index (χ1) is 14.5. The smallest absolute Gasteiger partial charge is 0.328 e. The van der Waals surface area contributed by atoms with E-state index in [1.54, 1.807) is 41.4 Å². The zero-order valence-electron chi connectivity index (χ0n) is 16.9. The summed E-state index contributed by atoms with van der Waals surface area (Å²) < 4.78 is 13.9. The van der Waals surface area contributed by atoms with E-state index in [0.29, 0.717) is 22.9 Å². The van der Waals surface area contributed by atoms with Crippen molar-refractivity contribution in [3.63, 3.8) is 0 Å². The molecule has 0 atom stereocenters. The molecule has 2 aliphatic heterocycles. The van der Waals surface area contributed by atoms with Gasteiger partial charge in [0.15, 0.2) is 11.5 Å². The fourth-order valence-electron chi connectivity index (χ4n) is 4.11. The Labute approximate surface area is 172 Å². The number of imidazole rings is 1. The topological polar surface area (TPSA) is 89.8 Å². The van der Waals surface area contributed by atoms with E-state index in [4.69, 9.17) is 9.47 Å². The highest BCUT2D eigenvalue weighted by Crippen LogP contribution is 2.35. The van der Waals surface area contributed by atoms with E-state index in [1.807, 2.05) is 12.1 Å². The molecule has 2 amide bonds. The minimum atomic E-state index is -0.366. The van der Waals surface area contributed by atoms with Gasteiger partial charge in [-0.2, -0.15) is 0 Å². The second-order valence-corrected chi connectivity index (χ2v) is 7.60. The van der Waals surface area contributed by atoms with Crippen LogP contribution in [0, 0.1) is 0 Å². The molecule has 1 aromatic heterocycles. The van der Waals surface area contributed by atoms with Gasteiger partial charge in [0, 0.05) is 38.9 Å². The molecule has 0 radical (unpaired) electrons. The van der Waals surface area contributed by atoms with Crippen molar-refractivity contribution in [2.45, 2.75) is 12.8 Å². The van der Waals surface area contributed by atoms with E-state index in [9.17, 15) is 9.59 Å². The molecule has 9 heteroatoms. The van der Waals surface area contributed by atoms with Gasteiger partial charge < -0.3 is 25.0 Å². The number of carbonyl (C=O) groups excluding carboxylic acids is 1. The highest BCUT2D eigenvalue weighted by atomic mass is 16.7. The SMILES string of the molecule is Cn1c(=O)n(C)c2cc(N3CCCC3)c(NC(=O)Nc3ccc4c(c3)OCO4)cc21. The second-order valence-electron chi connectivity index (χ2n) is 7.60. The third-order valence-corrected chi connectivity index (χ3v) is 5.71. The summed E-state index contributed by atoms with van der Waals surface area (Å²) in [6.07, 6.45) is 2.21. The van der Waals surface area contributed by atoms with Crippen molar-refractivity contribution in [1.29, 1.82) is 0 Å². The molecule has 3 heterocycles. The van der Waals surface area contributed by atoms with Crippen molar-refractivity contribution in [3.8, 4) is 11.5 Å². The average molecular weight is 409 g/mol. The van der Waals surface area contributed by atoms with Crippen LogP contribution < -0.4 is 30.7 Å². The van der Waals surface area contributed by atoms with Crippen molar-refractivity contribution in [1.82, 2.24) is 9.13 Å². The highest BCUT2D eigenvalue weighted by Gasteiger charge is 2.21. The zero-order valence-corrected chi connectivity index (χ0v) is 16.9. The molecule has 2 N–H and O–H groups in total. The molecule has 2 aromatic carbocycles. The first kappa shape index (κ1) is 18.4. The molecular formula is C21H23N5O4. The lowest BCUT2D eigenvalue weighted by Gasteiger charge is -2.22. The summed E-state index contributed by atoms with van der Waals surface area (Å²) in [6, 6.07) is 8.74. The molecule has 5 rings (SSSR count). The van der Waals surface area contributed by atoms with E-state index in [1.165, 1.54) is 0 Å². The molecule has 0 saturated carbocycles. The van der Waals surface area contributed by atoms with Crippen LogP contribution in [0.15, 0.2) is 35.1 Å². The molecule has 0 aliphatic carbocycles. The van der Waals surface area contributed by atoms with Crippen LogP contribution in [0.5, 0.6) is 11.5 Å². The Morgan fingerprint density at radius 2 is 1.63 bits per heavy atom. The Morgan fingerprint density at radius 3 is 2.40 bits per heavy atom. The maximum absolute atomic E-state index is 12.8. The van der Waals surface area contributed by atoms with Crippen molar-refractivity contribution < 1.29 is 14.3 Å². The molecule has 0 bridgehead atoms. The lowest BCUT2D eigenvalue weighted by Crippen LogP contribution is -2.24. The number of hydrogen-bond donors (Lipinski definition) is 2. The zero-order chi connectivity index (χ0) is 20.8. The number of nitrogens with one attached hydrogen (secondary N) is 2. The van der Waals surface area contributed by atoms with Crippen LogP contribution in [0.2, 0.25) is 0 Å². The normalized spacial score (nSPS) is 15.1. The van der Waals surface area contributed by atoms with Gasteiger partial charge in [-0.05, 0) is 37.1 Å². The molecule has 9 nitrogen and oxygen atoms in total. The van der Waals surface area contributed by atoms with Crippen LogP contribution in [-0.2, 0) is 14.1 Å². The number of ether oxygens (including phenoxy) is 2. The van der Waals surface area contributed by atoms with Crippen LogP contribution in [0.25, 0.3) is 11.0 Å². The molecular weight excluding hydrogens is 386 g/mol. The highest BCUT2D eigenvalue weighted by molar-refractivity contribution is 6.04. The van der Waals surface area contributed by atoms with Gasteiger partial charge in [-0.25, -0.2) is 9.59 Å². The van der Waals surface area contributed by atoms with E-state index < -0.39 is 0 Å². The minimum absolute atomic E-state index is 0.0978. The van der Waals surface area contributed by atoms with E-state index in [-0.39, 0.29) is 18.5 Å². The van der Waals surface area contributed by atoms with Crippen molar-refractivity contribution in [2.75, 3.05) is 35.4 Å². The molecule has 30 heavy (non-hydrogen) atoms. The Hall–Kier alpha value is -3.62. The number of aromatic nitrogens is 2. The van der Waals surface area contributed by atoms with Crippen LogP contribution in [0.1, 0.15) is 12.8 Å². The summed E-state index contributed by atoms with van der Waals surface area (Å²) in [7, 11) is 3.49. The summed E-state index contributed by atoms with van der Waals surface area (Å²) in [5.74, 6) is 1.26. The van der Waals surface area contributed by atoms with Crippen molar-refractivity contribution in [2.24, 2.45) is 14.1 Å². The number of benzene rings is 2. The second kappa shape index (κ2) is 7.01. The number of urea groups is 1. The number of anilines is 3. The van der Waals surface area contributed by atoms with Gasteiger partial charge in [-0.3, -0.25) is 9.13 Å². The van der Waals surface area contributed by atoms with Gasteiger partial charge in [-0.1, -0.05) is 0 Å². The van der Waals surface area contributed by atoms with Gasteiger partial charge in [0.25, 0.3) is 0 Å². The number of nitrogens with zero attached hydrogens (tertiary/aromatic N) is 3. The summed E-state index contributed by atoms with van der Waals surface area (Å²) in [4.78, 5) is 27.4. The molecule has 0 unspecified atom stereocenters. The number of amides is 2. The first-order valence-electron chi connectivity index (χ1n) is 9.93. The van der Waals surface area contributed by atoms with Crippen LogP contribution >= 0.6 is 0 Å². The predicted molar refractivity (Wildman–Crippen MR) is 115 cm³/mol. The van der Waals surface area contributed by atoms with Gasteiger partial charge >= 0.3 is 11.7 Å². The fraction of sp³-hybridized carbons (Fsp3) is 0.333. The standard InChI is InChI=1S/C21H23N5O4/c1-24-16-10-14(15(26-7-3-4-8-26)11-17(16)25(2)21(24)28)23-20(27)22-13-5-6-18-19(9-13)30-12-29-18/h5-6,9-11H,3-4,7-8,12H2,1-2H3,(H2,22,23,27). The van der Waals surface area contributed by atoms with Crippen molar-refractivity contribution in [3.05, 3.63) is 40.8 Å². The minimum Gasteiger partial charge on any atom is -0.454 e. The summed E-state index contributed by atoms with van der Waals surface area (Å²) in [5, 5.41) is 5.80. The summed E-state index contributed by atoms with van der Waals surface area (Å²) in [6.45, 7) is 2.02. The maximum Gasteiger partial charge on any atom is 0.328 e. The average Bonchev–Trinajstić information content (AvgIpc) is 3.46. The Kier molecular flexibility index (Phi) is 4.30. The molecule has 2 aliphatic rings. The lowest BCUT2D eigenvalue weighted by atomic mass is 10.2. The van der Waals surface area contributed by atoms with Gasteiger partial charge in [0.05, 0.1) is 22.4 Å². The quantitative estimate of drug-likeness (QED) is 0.694. The Bertz CT molecular complexity index is 1210. The first-order valence-corrected chi connectivity index (χ1v) is 9.93. The number of hydrogen-bond acceptors (Lipinski definition) is 5. The van der Waals surface area contributed by atoms with E-state index in [2.05, 4.69) is 15.5 Å². The van der Waals surface area contributed by atoms with Crippen molar-refractivity contribution >= 4 is 34.1 Å². The van der Waals surface area contributed by atoms with Crippen LogP contribution in [0.4, 0.5) is 21.9 Å². The molecule has 156 valence electrons. The largest absolute Gasteiger partial charge is 0.454 e. The van der Waals surface area contributed by atoms with Crippen LogP contribution in [-0.4, -0.2) is 35.0 Å². The van der Waals surface area contributed by atoms with Crippen LogP contribution in [0.3, 0.4) is 0 Å². The van der Waals surface area contributed by atoms with Gasteiger partial charge in [0.2, 0.25) is 6.79 Å². The maximum atomic E-state index is 12.8. The Morgan fingerprint density at radius 1 is 0.933 bits per heavy atom. The molecule has 0 spiro atoms. The monoisotopic (exact) mass is 409 g/mol. The van der Waals surface area contributed by atoms with Gasteiger partial charge in [0.1, 0.15) is 0 Å². The predicted octanol–water partition coefficient (Wildman–Crippen LogP) is 2.85. The number of aryl methyl sites for hydroxylation is 2. The number of carbonyl (C=O) groups is 1. The third kappa shape index (κ3) is 3.02. The van der Waals surface area contributed by atoms with Gasteiger partial charge in [-0.15, -0.1) is 0 Å². The lowest BCUT2D eigenvalue weighted by molar-refractivity contribution is 0.174. The summed E-state index contributed by atoms with van der Waals surface area (Å²) >= 11 is 0. The third-order valence-electron chi connectivity index (χ3n) is 5.71. The summed E-state index contributed by atoms with van der Waals surface area (Å²) in [5.41, 5.74) is 3.70. The van der Waals surface area contributed by atoms with E-state index >= 15 is 0 Å². The molecule has 1 fully saturated rings. The molecule has 1 saturated heterocycles. The molecule has 3 aromatic rings. The fourth-order valence-corrected chi connectivity index (χ4v) is 4.11. The number of rotatable bonds is 3. The Balaban J connectivity index is 1.47.